The van der Waals surface area contributed by atoms with E-state index in [2.05, 4.69) is 31.3 Å². The lowest BCUT2D eigenvalue weighted by Crippen LogP contribution is -2.50. The number of carbonyl (C=O) groups is 1. The van der Waals surface area contributed by atoms with E-state index in [1.54, 1.807) is 0 Å². The van der Waals surface area contributed by atoms with Crippen molar-refractivity contribution in [2.24, 2.45) is 0 Å². The summed E-state index contributed by atoms with van der Waals surface area (Å²) in [5.41, 5.74) is 0. The van der Waals surface area contributed by atoms with Crippen molar-refractivity contribution in [3.8, 4) is 0 Å². The molecular formula is C33H65NO4. The van der Waals surface area contributed by atoms with E-state index in [1.807, 2.05) is 0 Å². The molecule has 3 atom stereocenters. The second-order valence-electron chi connectivity index (χ2n) is 11.4. The van der Waals surface area contributed by atoms with Gasteiger partial charge in [0, 0.05) is 6.42 Å². The third kappa shape index (κ3) is 24.2. The first kappa shape index (κ1) is 37.1. The van der Waals surface area contributed by atoms with Crippen LogP contribution in [0.2, 0.25) is 0 Å². The maximum absolute atomic E-state index is 12.3. The quantitative estimate of drug-likeness (QED) is 0.0570. The highest BCUT2D eigenvalue weighted by atomic mass is 16.3. The zero-order valence-corrected chi connectivity index (χ0v) is 25.3. The minimum absolute atomic E-state index is 0.157. The van der Waals surface area contributed by atoms with E-state index in [0.29, 0.717) is 12.8 Å². The van der Waals surface area contributed by atoms with Crippen LogP contribution < -0.4 is 5.32 Å². The molecule has 0 aliphatic carbocycles. The Hall–Kier alpha value is -0.910. The van der Waals surface area contributed by atoms with Gasteiger partial charge in [0.2, 0.25) is 5.91 Å². The van der Waals surface area contributed by atoms with Gasteiger partial charge in [-0.05, 0) is 38.5 Å². The first-order chi connectivity index (χ1) is 18.6. The third-order valence-corrected chi connectivity index (χ3v) is 7.62. The molecule has 0 saturated heterocycles. The fraction of sp³-hybridized carbons (Fsp3) is 0.909. The van der Waals surface area contributed by atoms with Crippen molar-refractivity contribution in [1.82, 2.24) is 5.32 Å². The molecule has 0 saturated carbocycles. The molecule has 0 aliphatic rings. The van der Waals surface area contributed by atoms with Crippen LogP contribution in [0.5, 0.6) is 0 Å². The molecule has 5 heteroatoms. The van der Waals surface area contributed by atoms with Crippen LogP contribution in [-0.2, 0) is 4.79 Å². The number of hydrogen-bond acceptors (Lipinski definition) is 4. The van der Waals surface area contributed by atoms with Gasteiger partial charge in [-0.1, -0.05) is 135 Å². The van der Waals surface area contributed by atoms with Crippen LogP contribution in [0.15, 0.2) is 12.2 Å². The predicted molar refractivity (Wildman–Crippen MR) is 162 cm³/mol. The summed E-state index contributed by atoms with van der Waals surface area (Å²) in [7, 11) is 0. The SMILES string of the molecule is CCCCC/C=C\CCCCCCCC(=O)NC(CO)C(O)C(O)CCCCCCCCCCCCCC. The Bertz CT molecular complexity index is 525. The van der Waals surface area contributed by atoms with Gasteiger partial charge < -0.3 is 20.6 Å². The van der Waals surface area contributed by atoms with Crippen molar-refractivity contribution in [2.45, 2.75) is 186 Å². The molecule has 5 nitrogen and oxygen atoms in total. The van der Waals surface area contributed by atoms with Gasteiger partial charge in [0.1, 0.15) is 6.10 Å². The molecule has 0 aromatic rings. The Kier molecular flexibility index (Phi) is 28.4. The number of amides is 1. The maximum Gasteiger partial charge on any atom is 0.220 e. The number of carbonyl (C=O) groups excluding carboxylic acids is 1. The average molecular weight is 540 g/mol. The minimum atomic E-state index is -1.13. The fourth-order valence-electron chi connectivity index (χ4n) is 4.98. The van der Waals surface area contributed by atoms with Gasteiger partial charge in [0.15, 0.2) is 0 Å². The molecule has 0 aliphatic heterocycles. The fourth-order valence-corrected chi connectivity index (χ4v) is 4.98. The van der Waals surface area contributed by atoms with E-state index in [0.717, 1.165) is 44.9 Å². The molecule has 4 N–H and O–H groups in total. The summed E-state index contributed by atoms with van der Waals surface area (Å²) in [6, 6.07) is -0.807. The summed E-state index contributed by atoms with van der Waals surface area (Å²) >= 11 is 0. The molecule has 0 rings (SSSR count). The predicted octanol–water partition coefficient (Wildman–Crippen LogP) is 8.14. The summed E-state index contributed by atoms with van der Waals surface area (Å²) in [5, 5.41) is 33.2. The summed E-state index contributed by atoms with van der Waals surface area (Å²) in [6.07, 6.45) is 30.1. The molecule has 0 heterocycles. The summed E-state index contributed by atoms with van der Waals surface area (Å²) < 4.78 is 0. The van der Waals surface area contributed by atoms with Gasteiger partial charge in [0.05, 0.1) is 18.8 Å². The number of nitrogens with one attached hydrogen (secondary N) is 1. The Balaban J connectivity index is 3.75. The number of rotatable bonds is 29. The summed E-state index contributed by atoms with van der Waals surface area (Å²) in [5.74, 6) is -0.157. The number of hydrogen-bond donors (Lipinski definition) is 4. The zero-order valence-electron chi connectivity index (χ0n) is 25.3. The van der Waals surface area contributed by atoms with Gasteiger partial charge in [-0.15, -0.1) is 0 Å². The third-order valence-electron chi connectivity index (χ3n) is 7.62. The van der Waals surface area contributed by atoms with Crippen molar-refractivity contribution < 1.29 is 20.1 Å². The van der Waals surface area contributed by atoms with Crippen LogP contribution in [0, 0.1) is 0 Å². The molecule has 0 radical (unpaired) electrons. The molecule has 0 fully saturated rings. The van der Waals surface area contributed by atoms with Crippen LogP contribution in [-0.4, -0.2) is 46.1 Å². The lowest BCUT2D eigenvalue weighted by Gasteiger charge is -2.26. The highest BCUT2D eigenvalue weighted by molar-refractivity contribution is 5.76. The van der Waals surface area contributed by atoms with Crippen molar-refractivity contribution in [3.05, 3.63) is 12.2 Å². The van der Waals surface area contributed by atoms with E-state index in [4.69, 9.17) is 0 Å². The van der Waals surface area contributed by atoms with E-state index in [-0.39, 0.29) is 12.5 Å². The first-order valence-electron chi connectivity index (χ1n) is 16.5. The molecule has 0 spiro atoms. The van der Waals surface area contributed by atoms with Gasteiger partial charge in [-0.2, -0.15) is 0 Å². The molecule has 0 aromatic heterocycles. The standard InChI is InChI=1S/C33H65NO4/c1-3-5-7-9-11-13-15-17-19-21-23-25-27-31(36)33(38)30(29-35)34-32(37)28-26-24-22-20-18-16-14-12-10-8-6-4-2/h12,14,30-31,33,35-36,38H,3-11,13,15-29H2,1-2H3,(H,34,37)/b14-12-. The first-order valence-corrected chi connectivity index (χ1v) is 16.5. The summed E-state index contributed by atoms with van der Waals surface area (Å²) in [6.45, 7) is 4.12. The highest BCUT2D eigenvalue weighted by Gasteiger charge is 2.26. The molecular weight excluding hydrogens is 474 g/mol. The summed E-state index contributed by atoms with van der Waals surface area (Å²) in [4.78, 5) is 12.3. The Morgan fingerprint density at radius 1 is 0.632 bits per heavy atom. The smallest absolute Gasteiger partial charge is 0.220 e. The Morgan fingerprint density at radius 2 is 1.05 bits per heavy atom. The van der Waals surface area contributed by atoms with Gasteiger partial charge in [-0.25, -0.2) is 0 Å². The number of aliphatic hydroxyl groups is 3. The molecule has 1 amide bonds. The molecule has 3 unspecified atom stereocenters. The second-order valence-corrected chi connectivity index (χ2v) is 11.4. The highest BCUT2D eigenvalue weighted by Crippen LogP contribution is 2.15. The van der Waals surface area contributed by atoms with E-state index in [9.17, 15) is 20.1 Å². The largest absolute Gasteiger partial charge is 0.394 e. The lowest BCUT2D eigenvalue weighted by molar-refractivity contribution is -0.124. The second kappa shape index (κ2) is 29.1. The topological polar surface area (TPSA) is 89.8 Å². The van der Waals surface area contributed by atoms with Crippen LogP contribution in [0.25, 0.3) is 0 Å². The number of unbranched alkanes of at least 4 members (excludes halogenated alkanes) is 19. The van der Waals surface area contributed by atoms with Crippen LogP contribution in [0.1, 0.15) is 168 Å². The zero-order chi connectivity index (χ0) is 28.1. The average Bonchev–Trinajstić information content (AvgIpc) is 2.92. The van der Waals surface area contributed by atoms with E-state index >= 15 is 0 Å². The minimum Gasteiger partial charge on any atom is -0.394 e. The Morgan fingerprint density at radius 3 is 1.58 bits per heavy atom. The van der Waals surface area contributed by atoms with Gasteiger partial charge >= 0.3 is 0 Å². The van der Waals surface area contributed by atoms with Gasteiger partial charge in [0.25, 0.3) is 0 Å². The van der Waals surface area contributed by atoms with Crippen LogP contribution >= 0.6 is 0 Å². The number of allylic oxidation sites excluding steroid dienone is 2. The molecule has 226 valence electrons. The van der Waals surface area contributed by atoms with E-state index < -0.39 is 18.2 Å². The van der Waals surface area contributed by atoms with Crippen LogP contribution in [0.4, 0.5) is 0 Å². The normalized spacial score (nSPS) is 14.1. The lowest BCUT2D eigenvalue weighted by atomic mass is 9.99. The molecule has 0 bridgehead atoms. The van der Waals surface area contributed by atoms with Crippen LogP contribution in [0.3, 0.4) is 0 Å². The monoisotopic (exact) mass is 539 g/mol. The molecule has 38 heavy (non-hydrogen) atoms. The van der Waals surface area contributed by atoms with Crippen molar-refractivity contribution >= 4 is 5.91 Å². The van der Waals surface area contributed by atoms with Crippen molar-refractivity contribution in [1.29, 1.82) is 0 Å². The maximum atomic E-state index is 12.3. The molecule has 0 aromatic carbocycles. The van der Waals surface area contributed by atoms with Crippen molar-refractivity contribution in [3.63, 3.8) is 0 Å². The van der Waals surface area contributed by atoms with Crippen molar-refractivity contribution in [2.75, 3.05) is 6.61 Å². The van der Waals surface area contributed by atoms with E-state index in [1.165, 1.54) is 96.3 Å². The number of aliphatic hydroxyl groups excluding tert-OH is 3. The van der Waals surface area contributed by atoms with Gasteiger partial charge in [-0.3, -0.25) is 4.79 Å². The Labute approximate surface area is 236 Å².